The van der Waals surface area contributed by atoms with Crippen molar-refractivity contribution in [3.63, 3.8) is 0 Å². The van der Waals surface area contributed by atoms with Crippen LogP contribution in [0.1, 0.15) is 40.5 Å². The third-order valence-corrected chi connectivity index (χ3v) is 3.20. The number of amides is 1. The number of ether oxygens (including phenoxy) is 1. The second kappa shape index (κ2) is 5.08. The maximum atomic E-state index is 12.2. The van der Waals surface area contributed by atoms with Crippen LogP contribution >= 0.6 is 0 Å². The number of hydrogen-bond acceptors (Lipinski definition) is 4. The summed E-state index contributed by atoms with van der Waals surface area (Å²) in [6, 6.07) is 1.66. The summed E-state index contributed by atoms with van der Waals surface area (Å²) in [5, 5.41) is 18.3. The Kier molecular flexibility index (Phi) is 4.09. The first-order valence-electron chi connectivity index (χ1n) is 6.25. The molecular weight excluding hydrogens is 248 g/mol. The molecular formula is C13H20N2O4. The van der Waals surface area contributed by atoms with E-state index < -0.39 is 23.1 Å². The summed E-state index contributed by atoms with van der Waals surface area (Å²) in [4.78, 5) is 24.4. The second-order valence-electron chi connectivity index (χ2n) is 5.97. The first-order chi connectivity index (χ1) is 8.61. The molecule has 6 nitrogen and oxygen atoms in total. The molecule has 2 unspecified atom stereocenters. The highest BCUT2D eigenvalue weighted by molar-refractivity contribution is 5.81. The van der Waals surface area contributed by atoms with Gasteiger partial charge in [0.2, 0.25) is 0 Å². The lowest BCUT2D eigenvalue weighted by Crippen LogP contribution is -2.51. The second-order valence-corrected chi connectivity index (χ2v) is 5.97. The molecule has 19 heavy (non-hydrogen) atoms. The van der Waals surface area contributed by atoms with Crippen molar-refractivity contribution in [1.29, 1.82) is 5.26 Å². The van der Waals surface area contributed by atoms with Crippen LogP contribution in [-0.2, 0) is 9.53 Å². The minimum absolute atomic E-state index is 0.170. The standard InChI is InChI=1S/C13H20N2O4/c1-9-7-13(8-14,5-6-15(9)11(17)18)10(16)19-12(2,3)4/h9H,5-7H2,1-4H3,(H,17,18). The number of nitrogens with zero attached hydrogens (tertiary/aromatic N) is 2. The summed E-state index contributed by atoms with van der Waals surface area (Å²) in [7, 11) is 0. The maximum Gasteiger partial charge on any atom is 0.407 e. The van der Waals surface area contributed by atoms with Crippen molar-refractivity contribution in [3.8, 4) is 6.07 Å². The molecule has 1 saturated heterocycles. The van der Waals surface area contributed by atoms with Gasteiger partial charge in [-0.15, -0.1) is 0 Å². The Labute approximate surface area is 112 Å². The highest BCUT2D eigenvalue weighted by atomic mass is 16.6. The van der Waals surface area contributed by atoms with E-state index in [1.54, 1.807) is 27.7 Å². The zero-order valence-electron chi connectivity index (χ0n) is 11.8. The molecule has 1 amide bonds. The molecule has 1 N–H and O–H groups in total. The number of nitriles is 1. The van der Waals surface area contributed by atoms with Crippen LogP contribution in [0.3, 0.4) is 0 Å². The quantitative estimate of drug-likeness (QED) is 0.734. The van der Waals surface area contributed by atoms with E-state index in [0.717, 1.165) is 0 Å². The van der Waals surface area contributed by atoms with Gasteiger partial charge < -0.3 is 14.7 Å². The van der Waals surface area contributed by atoms with E-state index in [-0.39, 0.29) is 25.4 Å². The Morgan fingerprint density at radius 2 is 2.05 bits per heavy atom. The van der Waals surface area contributed by atoms with Gasteiger partial charge >= 0.3 is 12.1 Å². The van der Waals surface area contributed by atoms with Gasteiger partial charge in [0, 0.05) is 12.6 Å². The predicted molar refractivity (Wildman–Crippen MR) is 67.3 cm³/mol. The molecule has 2 atom stereocenters. The van der Waals surface area contributed by atoms with E-state index in [4.69, 9.17) is 9.84 Å². The lowest BCUT2D eigenvalue weighted by atomic mass is 9.76. The lowest BCUT2D eigenvalue weighted by molar-refractivity contribution is -0.167. The predicted octanol–water partition coefficient (Wildman–Crippen LogP) is 2.00. The molecule has 0 saturated carbocycles. The highest BCUT2D eigenvalue weighted by Gasteiger charge is 2.48. The number of piperidine rings is 1. The molecule has 0 aromatic carbocycles. The van der Waals surface area contributed by atoms with E-state index in [1.807, 2.05) is 6.07 Å². The monoisotopic (exact) mass is 268 g/mol. The zero-order chi connectivity index (χ0) is 14.8. The SMILES string of the molecule is CC1CC(C#N)(C(=O)OC(C)(C)C)CCN1C(=O)O. The molecule has 0 aliphatic carbocycles. The molecule has 0 radical (unpaired) electrons. The molecule has 106 valence electrons. The van der Waals surface area contributed by atoms with Crippen molar-refractivity contribution >= 4 is 12.1 Å². The first-order valence-corrected chi connectivity index (χ1v) is 6.25. The third-order valence-electron chi connectivity index (χ3n) is 3.20. The number of hydrogen-bond donors (Lipinski definition) is 1. The van der Waals surface area contributed by atoms with Crippen LogP contribution in [0.2, 0.25) is 0 Å². The molecule has 0 bridgehead atoms. The fourth-order valence-corrected chi connectivity index (χ4v) is 2.24. The normalized spacial score (nSPS) is 27.5. The molecule has 1 aliphatic heterocycles. The van der Waals surface area contributed by atoms with Gasteiger partial charge in [0.25, 0.3) is 0 Å². The van der Waals surface area contributed by atoms with Gasteiger partial charge in [-0.1, -0.05) is 0 Å². The number of carbonyl (C=O) groups is 2. The van der Waals surface area contributed by atoms with Crippen molar-refractivity contribution in [1.82, 2.24) is 4.90 Å². The molecule has 1 fully saturated rings. The van der Waals surface area contributed by atoms with Crippen LogP contribution < -0.4 is 0 Å². The summed E-state index contributed by atoms with van der Waals surface area (Å²) in [6.07, 6.45) is -0.678. The average molecular weight is 268 g/mol. The van der Waals surface area contributed by atoms with E-state index in [1.165, 1.54) is 4.90 Å². The zero-order valence-corrected chi connectivity index (χ0v) is 11.8. The topological polar surface area (TPSA) is 90.6 Å². The molecule has 1 aliphatic rings. The third kappa shape index (κ3) is 3.37. The van der Waals surface area contributed by atoms with Crippen LogP contribution in [0.25, 0.3) is 0 Å². The summed E-state index contributed by atoms with van der Waals surface area (Å²) in [6.45, 7) is 7.09. The van der Waals surface area contributed by atoms with Gasteiger partial charge in [0.1, 0.15) is 5.60 Å². The van der Waals surface area contributed by atoms with Crippen LogP contribution in [0.15, 0.2) is 0 Å². The lowest BCUT2D eigenvalue weighted by Gasteiger charge is -2.40. The largest absolute Gasteiger partial charge is 0.465 e. The van der Waals surface area contributed by atoms with E-state index in [2.05, 4.69) is 0 Å². The Balaban J connectivity index is 2.88. The first kappa shape index (κ1) is 15.3. The number of esters is 1. The van der Waals surface area contributed by atoms with Crippen molar-refractivity contribution in [2.75, 3.05) is 6.54 Å². The van der Waals surface area contributed by atoms with Gasteiger partial charge in [-0.25, -0.2) is 4.79 Å². The van der Waals surface area contributed by atoms with Crippen molar-refractivity contribution in [2.24, 2.45) is 5.41 Å². The molecule has 0 spiro atoms. The smallest absolute Gasteiger partial charge is 0.407 e. The van der Waals surface area contributed by atoms with Gasteiger partial charge in [0.15, 0.2) is 5.41 Å². The van der Waals surface area contributed by atoms with Crippen LogP contribution in [0, 0.1) is 16.7 Å². The molecule has 0 aromatic heterocycles. The van der Waals surface area contributed by atoms with Gasteiger partial charge in [-0.3, -0.25) is 4.79 Å². The van der Waals surface area contributed by atoms with Gasteiger partial charge in [-0.05, 0) is 40.5 Å². The van der Waals surface area contributed by atoms with Crippen LogP contribution in [0.4, 0.5) is 4.79 Å². The summed E-state index contributed by atoms with van der Waals surface area (Å²) >= 11 is 0. The van der Waals surface area contributed by atoms with Gasteiger partial charge in [-0.2, -0.15) is 5.26 Å². The molecule has 6 heteroatoms. The molecule has 1 heterocycles. The Morgan fingerprint density at radius 1 is 1.47 bits per heavy atom. The summed E-state index contributed by atoms with van der Waals surface area (Å²) < 4.78 is 5.29. The number of carboxylic acid groups (broad SMARTS) is 1. The Bertz CT molecular complexity index is 421. The summed E-state index contributed by atoms with van der Waals surface area (Å²) in [5.74, 6) is -0.556. The van der Waals surface area contributed by atoms with Crippen LogP contribution in [-0.4, -0.2) is 40.3 Å². The minimum atomic E-state index is -1.24. The molecule has 1 rings (SSSR count). The van der Waals surface area contributed by atoms with E-state index in [9.17, 15) is 14.9 Å². The van der Waals surface area contributed by atoms with Crippen molar-refractivity contribution < 1.29 is 19.4 Å². The fraction of sp³-hybridized carbons (Fsp3) is 0.769. The number of carbonyl (C=O) groups excluding carboxylic acids is 1. The fourth-order valence-electron chi connectivity index (χ4n) is 2.24. The number of likely N-dealkylation sites (tertiary alicyclic amines) is 1. The van der Waals surface area contributed by atoms with E-state index >= 15 is 0 Å². The minimum Gasteiger partial charge on any atom is -0.465 e. The van der Waals surface area contributed by atoms with E-state index in [0.29, 0.717) is 0 Å². The van der Waals surface area contributed by atoms with Crippen LogP contribution in [0.5, 0.6) is 0 Å². The Hall–Kier alpha value is -1.77. The van der Waals surface area contributed by atoms with Crippen molar-refractivity contribution in [2.45, 2.75) is 52.2 Å². The van der Waals surface area contributed by atoms with Gasteiger partial charge in [0.05, 0.1) is 6.07 Å². The number of rotatable bonds is 1. The van der Waals surface area contributed by atoms with Crippen molar-refractivity contribution in [3.05, 3.63) is 0 Å². The maximum absolute atomic E-state index is 12.2. The Morgan fingerprint density at radius 3 is 2.42 bits per heavy atom. The highest BCUT2D eigenvalue weighted by Crippen LogP contribution is 2.36. The summed E-state index contributed by atoms with van der Waals surface area (Å²) in [5.41, 5.74) is -1.90. The average Bonchev–Trinajstić information content (AvgIpc) is 2.25. The molecule has 0 aromatic rings.